The number of aromatic nitrogens is 1. The molecule has 1 saturated heterocycles. The van der Waals surface area contributed by atoms with Gasteiger partial charge in [0.25, 0.3) is 11.7 Å². The van der Waals surface area contributed by atoms with Gasteiger partial charge in [-0.05, 0) is 53.6 Å². The molecule has 1 N–H and O–H groups in total. The Balaban J connectivity index is 1.83. The SMILES string of the molecule is COc1ccc(/C(O)=C2\C(=O)C(=O)N(Cc3cccnc3)C2c2ccc(N(C)C)cc2)cc1. The molecule has 2 aromatic carbocycles. The van der Waals surface area contributed by atoms with Gasteiger partial charge in [-0.15, -0.1) is 0 Å². The Kier molecular flexibility index (Phi) is 6.13. The number of pyridine rings is 1. The molecule has 1 fully saturated rings. The van der Waals surface area contributed by atoms with Crippen LogP contribution in [0.25, 0.3) is 5.76 Å². The number of nitrogens with zero attached hydrogens (tertiary/aromatic N) is 3. The van der Waals surface area contributed by atoms with Crippen molar-refractivity contribution in [1.29, 1.82) is 0 Å². The van der Waals surface area contributed by atoms with Gasteiger partial charge in [0.2, 0.25) is 0 Å². The fraction of sp³-hybridized carbons (Fsp3) is 0.192. The summed E-state index contributed by atoms with van der Waals surface area (Å²) < 4.78 is 5.18. The van der Waals surface area contributed by atoms with Crippen molar-refractivity contribution in [3.05, 3.63) is 95.3 Å². The number of hydrogen-bond acceptors (Lipinski definition) is 6. The summed E-state index contributed by atoms with van der Waals surface area (Å²) >= 11 is 0. The lowest BCUT2D eigenvalue weighted by Crippen LogP contribution is -2.29. The molecule has 7 heteroatoms. The van der Waals surface area contributed by atoms with Crippen LogP contribution in [0.15, 0.2) is 78.6 Å². The summed E-state index contributed by atoms with van der Waals surface area (Å²) in [5, 5.41) is 11.1. The number of Topliss-reactive ketones (excluding diaryl/α,β-unsaturated/α-hetero) is 1. The normalized spacial score (nSPS) is 17.3. The smallest absolute Gasteiger partial charge is 0.295 e. The second-order valence-electron chi connectivity index (χ2n) is 8.00. The van der Waals surface area contributed by atoms with Crippen molar-refractivity contribution in [1.82, 2.24) is 9.88 Å². The van der Waals surface area contributed by atoms with Crippen molar-refractivity contribution >= 4 is 23.1 Å². The van der Waals surface area contributed by atoms with E-state index in [0.29, 0.717) is 11.3 Å². The van der Waals surface area contributed by atoms with Gasteiger partial charge >= 0.3 is 0 Å². The van der Waals surface area contributed by atoms with E-state index in [9.17, 15) is 14.7 Å². The van der Waals surface area contributed by atoms with Crippen molar-refractivity contribution in [3.63, 3.8) is 0 Å². The van der Waals surface area contributed by atoms with E-state index in [0.717, 1.165) is 16.8 Å². The molecule has 1 unspecified atom stereocenters. The number of ketones is 1. The van der Waals surface area contributed by atoms with Gasteiger partial charge in [0.15, 0.2) is 0 Å². The molecule has 1 aromatic heterocycles. The van der Waals surface area contributed by atoms with Gasteiger partial charge in [-0.1, -0.05) is 18.2 Å². The molecule has 4 rings (SSSR count). The number of anilines is 1. The van der Waals surface area contributed by atoms with E-state index in [2.05, 4.69) is 4.98 Å². The molecule has 1 aliphatic rings. The van der Waals surface area contributed by atoms with Crippen LogP contribution in [0.4, 0.5) is 5.69 Å². The third-order valence-electron chi connectivity index (χ3n) is 5.70. The van der Waals surface area contributed by atoms with Gasteiger partial charge in [0.1, 0.15) is 11.5 Å². The maximum atomic E-state index is 13.1. The van der Waals surface area contributed by atoms with Crippen LogP contribution < -0.4 is 9.64 Å². The summed E-state index contributed by atoms with van der Waals surface area (Å²) in [7, 11) is 5.43. The topological polar surface area (TPSA) is 83.0 Å². The molecule has 7 nitrogen and oxygen atoms in total. The second-order valence-corrected chi connectivity index (χ2v) is 8.00. The number of rotatable bonds is 6. The third kappa shape index (κ3) is 4.30. The Labute approximate surface area is 192 Å². The standard InChI is InChI=1S/C26H25N3O4/c1-28(2)20-10-6-18(7-11-20)23-22(24(30)19-8-12-21(33-3)13-9-19)25(31)26(32)29(23)16-17-5-4-14-27-15-17/h4-15,23,30H,16H2,1-3H3/b24-22+. The lowest BCUT2D eigenvalue weighted by Gasteiger charge is -2.26. The number of amides is 1. The largest absolute Gasteiger partial charge is 0.507 e. The molecule has 0 spiro atoms. The summed E-state index contributed by atoms with van der Waals surface area (Å²) in [4.78, 5) is 33.8. The average molecular weight is 444 g/mol. The molecular formula is C26H25N3O4. The van der Waals surface area contributed by atoms with Crippen LogP contribution in [0.1, 0.15) is 22.7 Å². The van der Waals surface area contributed by atoms with Gasteiger partial charge in [-0.25, -0.2) is 0 Å². The van der Waals surface area contributed by atoms with Crippen molar-refractivity contribution in [2.75, 3.05) is 26.1 Å². The quantitative estimate of drug-likeness (QED) is 0.355. The first-order chi connectivity index (χ1) is 15.9. The molecule has 3 aromatic rings. The minimum absolute atomic E-state index is 0.0617. The summed E-state index contributed by atoms with van der Waals surface area (Å²) in [5.41, 5.74) is 3.01. The number of carbonyl (C=O) groups is 2. The van der Waals surface area contributed by atoms with Crippen LogP contribution >= 0.6 is 0 Å². The highest BCUT2D eigenvalue weighted by Gasteiger charge is 2.46. The van der Waals surface area contributed by atoms with Crippen molar-refractivity contribution in [2.45, 2.75) is 12.6 Å². The van der Waals surface area contributed by atoms with Gasteiger partial charge in [-0.2, -0.15) is 0 Å². The molecule has 0 radical (unpaired) electrons. The van der Waals surface area contributed by atoms with Gasteiger partial charge in [0.05, 0.1) is 18.7 Å². The number of hydrogen-bond donors (Lipinski definition) is 1. The third-order valence-corrected chi connectivity index (χ3v) is 5.70. The van der Waals surface area contributed by atoms with E-state index < -0.39 is 17.7 Å². The van der Waals surface area contributed by atoms with E-state index in [1.165, 1.54) is 4.90 Å². The highest BCUT2D eigenvalue weighted by atomic mass is 16.5. The van der Waals surface area contributed by atoms with E-state index in [1.807, 2.05) is 49.3 Å². The summed E-state index contributed by atoms with van der Waals surface area (Å²) in [5.74, 6) is -0.963. The number of ether oxygens (including phenoxy) is 1. The molecule has 168 valence electrons. The maximum Gasteiger partial charge on any atom is 0.295 e. The Morgan fingerprint density at radius 3 is 2.33 bits per heavy atom. The molecule has 1 atom stereocenters. The summed E-state index contributed by atoms with van der Waals surface area (Å²) in [6.45, 7) is 0.192. The molecule has 33 heavy (non-hydrogen) atoms. The Morgan fingerprint density at radius 1 is 1.06 bits per heavy atom. The molecule has 2 heterocycles. The summed E-state index contributed by atoms with van der Waals surface area (Å²) in [6, 6.07) is 17.2. The number of benzene rings is 2. The number of carbonyl (C=O) groups excluding carboxylic acids is 2. The van der Waals surface area contributed by atoms with Crippen LogP contribution in [0.3, 0.4) is 0 Å². The van der Waals surface area contributed by atoms with Crippen LogP contribution in [0, 0.1) is 0 Å². The van der Waals surface area contributed by atoms with E-state index >= 15 is 0 Å². The summed E-state index contributed by atoms with van der Waals surface area (Å²) in [6.07, 6.45) is 3.31. The Morgan fingerprint density at radius 2 is 1.76 bits per heavy atom. The highest BCUT2D eigenvalue weighted by molar-refractivity contribution is 6.46. The minimum atomic E-state index is -0.733. The van der Waals surface area contributed by atoms with Crippen molar-refractivity contribution in [3.8, 4) is 5.75 Å². The molecule has 0 aliphatic carbocycles. The number of aliphatic hydroxyl groups excluding tert-OH is 1. The first-order valence-corrected chi connectivity index (χ1v) is 10.5. The fourth-order valence-electron chi connectivity index (χ4n) is 3.94. The Hall–Kier alpha value is -4.13. The molecule has 1 amide bonds. The average Bonchev–Trinajstić information content (AvgIpc) is 3.09. The van der Waals surface area contributed by atoms with E-state index in [4.69, 9.17) is 4.74 Å². The minimum Gasteiger partial charge on any atom is -0.507 e. The Bertz CT molecular complexity index is 1190. The van der Waals surface area contributed by atoms with Crippen LogP contribution in [-0.2, 0) is 16.1 Å². The van der Waals surface area contributed by atoms with E-state index in [-0.39, 0.29) is 17.9 Å². The molecule has 0 saturated carbocycles. The number of aliphatic hydroxyl groups is 1. The first-order valence-electron chi connectivity index (χ1n) is 10.5. The van der Waals surface area contributed by atoms with Gasteiger partial charge in [0, 0.05) is 44.3 Å². The van der Waals surface area contributed by atoms with Crippen LogP contribution in [0.2, 0.25) is 0 Å². The first kappa shape index (κ1) is 22.1. The lowest BCUT2D eigenvalue weighted by atomic mass is 9.95. The van der Waals surface area contributed by atoms with Crippen molar-refractivity contribution in [2.24, 2.45) is 0 Å². The molecular weight excluding hydrogens is 418 g/mol. The van der Waals surface area contributed by atoms with Crippen molar-refractivity contribution < 1.29 is 19.4 Å². The van der Waals surface area contributed by atoms with Gasteiger partial charge in [-0.3, -0.25) is 14.6 Å². The van der Waals surface area contributed by atoms with Crippen LogP contribution in [-0.4, -0.2) is 47.9 Å². The molecule has 1 aliphatic heterocycles. The zero-order valence-corrected chi connectivity index (χ0v) is 18.7. The number of likely N-dealkylation sites (tertiary alicyclic amines) is 1. The second kappa shape index (κ2) is 9.16. The highest BCUT2D eigenvalue weighted by Crippen LogP contribution is 2.40. The zero-order chi connectivity index (χ0) is 23.5. The predicted molar refractivity (Wildman–Crippen MR) is 126 cm³/mol. The maximum absolute atomic E-state index is 13.1. The lowest BCUT2D eigenvalue weighted by molar-refractivity contribution is -0.140. The van der Waals surface area contributed by atoms with Gasteiger partial charge < -0.3 is 19.6 Å². The molecule has 0 bridgehead atoms. The number of methoxy groups -OCH3 is 1. The monoisotopic (exact) mass is 443 g/mol. The zero-order valence-electron chi connectivity index (χ0n) is 18.7. The van der Waals surface area contributed by atoms with E-state index in [1.54, 1.807) is 49.8 Å². The fourth-order valence-corrected chi connectivity index (χ4v) is 3.94. The predicted octanol–water partition coefficient (Wildman–Crippen LogP) is 3.78. The van der Waals surface area contributed by atoms with Crippen LogP contribution in [0.5, 0.6) is 5.75 Å².